The zero-order valence-electron chi connectivity index (χ0n) is 21.3. The summed E-state index contributed by atoms with van der Waals surface area (Å²) in [4.78, 5) is 34.4. The molecule has 0 atom stereocenters. The van der Waals surface area contributed by atoms with Gasteiger partial charge < -0.3 is 20.9 Å². The number of fused-ring (bicyclic) bond motifs is 1. The Hall–Kier alpha value is -3.58. The quantitative estimate of drug-likeness (QED) is 0.322. The Balaban J connectivity index is 1.65. The highest BCUT2D eigenvalue weighted by Crippen LogP contribution is 2.31. The van der Waals surface area contributed by atoms with Crippen molar-refractivity contribution in [2.75, 3.05) is 19.3 Å². The molecule has 0 saturated heterocycles. The first-order valence-electron chi connectivity index (χ1n) is 12.0. The molecule has 2 amide bonds. The van der Waals surface area contributed by atoms with Crippen LogP contribution in [0.1, 0.15) is 45.7 Å². The second-order valence-corrected chi connectivity index (χ2v) is 9.62. The van der Waals surface area contributed by atoms with Crippen LogP contribution in [0.3, 0.4) is 0 Å². The molecule has 3 rings (SSSR count). The fourth-order valence-electron chi connectivity index (χ4n) is 3.75. The molecule has 2 aromatic heterocycles. The van der Waals surface area contributed by atoms with Gasteiger partial charge in [-0.3, -0.25) is 9.59 Å². The number of amides is 2. The standard InChI is InChI=1S/C28H34ClN5O2/c1-18(2)23(13-12-19(3)27-26(29)22-15-21(30)16-31-28(22)33-27)32-24(35)17-34(4)25(36)14-20-10-8-6-5-7-9-11-20/h5-8,11-13,15-16,18H,9-10,14,17,30H2,1-4H3,(H,31,33)(H,32,35)/b7-5-,8-6?,19-12+,20-11+,23-13+. The molecular formula is C28H34ClN5O2. The summed E-state index contributed by atoms with van der Waals surface area (Å²) < 4.78 is 0. The van der Waals surface area contributed by atoms with E-state index in [-0.39, 0.29) is 24.3 Å². The van der Waals surface area contributed by atoms with Crippen LogP contribution in [0.25, 0.3) is 16.6 Å². The predicted octanol–water partition coefficient (Wildman–Crippen LogP) is 5.54. The lowest BCUT2D eigenvalue weighted by Crippen LogP contribution is -2.38. The van der Waals surface area contributed by atoms with Crippen molar-refractivity contribution < 1.29 is 9.59 Å². The Labute approximate surface area is 217 Å². The zero-order chi connectivity index (χ0) is 26.2. The molecule has 0 radical (unpaired) electrons. The Bertz CT molecular complexity index is 1280. The zero-order valence-corrected chi connectivity index (χ0v) is 22.0. The van der Waals surface area contributed by atoms with E-state index in [1.807, 2.05) is 57.2 Å². The van der Waals surface area contributed by atoms with Crippen molar-refractivity contribution in [1.29, 1.82) is 0 Å². The number of H-pyrrole nitrogens is 1. The fourth-order valence-corrected chi connectivity index (χ4v) is 4.10. The smallest absolute Gasteiger partial charge is 0.243 e. The number of allylic oxidation sites excluding steroid dienone is 9. The minimum absolute atomic E-state index is 0.0183. The van der Waals surface area contributed by atoms with Gasteiger partial charge in [0.1, 0.15) is 5.65 Å². The Morgan fingerprint density at radius 1 is 1.28 bits per heavy atom. The number of aromatic nitrogens is 2. The molecule has 0 aromatic carbocycles. The number of hydrogen-bond donors (Lipinski definition) is 3. The molecule has 0 unspecified atom stereocenters. The third kappa shape index (κ3) is 7.21. The topological polar surface area (TPSA) is 104 Å². The maximum atomic E-state index is 12.7. The summed E-state index contributed by atoms with van der Waals surface area (Å²) in [5, 5.41) is 4.27. The van der Waals surface area contributed by atoms with Crippen molar-refractivity contribution in [1.82, 2.24) is 20.2 Å². The minimum Gasteiger partial charge on any atom is -0.397 e. The maximum absolute atomic E-state index is 12.7. The number of halogens is 1. The van der Waals surface area contributed by atoms with Gasteiger partial charge in [-0.2, -0.15) is 0 Å². The van der Waals surface area contributed by atoms with Crippen molar-refractivity contribution in [2.45, 2.75) is 40.0 Å². The van der Waals surface area contributed by atoms with E-state index >= 15 is 0 Å². The van der Waals surface area contributed by atoms with Crippen molar-refractivity contribution in [3.05, 3.63) is 76.8 Å². The number of carbonyl (C=O) groups excluding carboxylic acids is 2. The molecule has 0 aliphatic heterocycles. The van der Waals surface area contributed by atoms with E-state index in [9.17, 15) is 9.59 Å². The number of nitrogens with one attached hydrogen (secondary N) is 2. The van der Waals surface area contributed by atoms with Crippen LogP contribution in [-0.4, -0.2) is 40.3 Å². The predicted molar refractivity (Wildman–Crippen MR) is 148 cm³/mol. The van der Waals surface area contributed by atoms with Crippen molar-refractivity contribution >= 4 is 45.7 Å². The summed E-state index contributed by atoms with van der Waals surface area (Å²) in [6.45, 7) is 5.90. The number of pyridine rings is 1. The highest BCUT2D eigenvalue weighted by atomic mass is 35.5. The Morgan fingerprint density at radius 3 is 2.78 bits per heavy atom. The molecule has 0 bridgehead atoms. The first-order valence-corrected chi connectivity index (χ1v) is 12.4. The number of nitrogen functional groups attached to an aromatic ring is 1. The number of nitrogens with zero attached hydrogens (tertiary/aromatic N) is 2. The average Bonchev–Trinajstić information content (AvgIpc) is 3.13. The molecular weight excluding hydrogens is 474 g/mol. The maximum Gasteiger partial charge on any atom is 0.243 e. The van der Waals surface area contributed by atoms with Gasteiger partial charge in [0.2, 0.25) is 11.8 Å². The Morgan fingerprint density at radius 2 is 2.03 bits per heavy atom. The van der Waals surface area contributed by atoms with Gasteiger partial charge in [0.25, 0.3) is 0 Å². The molecule has 0 saturated carbocycles. The van der Waals surface area contributed by atoms with Crippen LogP contribution in [0.15, 0.2) is 66.1 Å². The van der Waals surface area contributed by atoms with Crippen LogP contribution in [-0.2, 0) is 9.59 Å². The van der Waals surface area contributed by atoms with Gasteiger partial charge in [-0.1, -0.05) is 67.5 Å². The third-order valence-electron chi connectivity index (χ3n) is 5.91. The van der Waals surface area contributed by atoms with Gasteiger partial charge in [-0.25, -0.2) is 4.98 Å². The van der Waals surface area contributed by atoms with Gasteiger partial charge >= 0.3 is 0 Å². The minimum atomic E-state index is -0.241. The molecule has 36 heavy (non-hydrogen) atoms. The largest absolute Gasteiger partial charge is 0.397 e. The average molecular weight is 508 g/mol. The van der Waals surface area contributed by atoms with Crippen molar-refractivity contribution in [3.8, 4) is 0 Å². The van der Waals surface area contributed by atoms with Crippen LogP contribution in [0, 0.1) is 5.92 Å². The fraction of sp³-hybridized carbons (Fsp3) is 0.321. The molecule has 8 heteroatoms. The molecule has 4 N–H and O–H groups in total. The number of nitrogens with two attached hydrogens (primary N) is 1. The van der Waals surface area contributed by atoms with Crippen molar-refractivity contribution in [2.24, 2.45) is 5.92 Å². The summed E-state index contributed by atoms with van der Waals surface area (Å²) in [6.07, 6.45) is 17.3. The van der Waals surface area contributed by atoms with E-state index in [1.54, 1.807) is 19.3 Å². The normalized spacial score (nSPS) is 16.9. The van der Waals surface area contributed by atoms with Gasteiger partial charge in [-0.05, 0) is 43.4 Å². The molecule has 0 fully saturated rings. The summed E-state index contributed by atoms with van der Waals surface area (Å²) in [5.74, 6) is -0.254. The van der Waals surface area contributed by atoms with E-state index in [0.29, 0.717) is 22.8 Å². The van der Waals surface area contributed by atoms with Gasteiger partial charge in [-0.15, -0.1) is 0 Å². The van der Waals surface area contributed by atoms with Crippen molar-refractivity contribution in [3.63, 3.8) is 0 Å². The van der Waals surface area contributed by atoms with E-state index in [4.69, 9.17) is 17.3 Å². The number of likely N-dealkylation sites (N-methyl/N-ethyl adjacent to an activating group) is 1. The van der Waals surface area contributed by atoms with E-state index < -0.39 is 0 Å². The molecule has 2 heterocycles. The second-order valence-electron chi connectivity index (χ2n) is 9.24. The Kier molecular flexibility index (Phi) is 9.31. The van der Waals surface area contributed by atoms with Gasteiger partial charge in [0, 0.05) is 24.6 Å². The first-order chi connectivity index (χ1) is 17.2. The summed E-state index contributed by atoms with van der Waals surface area (Å²) in [5.41, 5.74) is 10.5. The van der Waals surface area contributed by atoms with E-state index in [1.165, 1.54) is 4.90 Å². The van der Waals surface area contributed by atoms with E-state index in [0.717, 1.165) is 40.8 Å². The SMILES string of the molecule is C/C(=C\C=C(\NC(=O)CN(C)C(=O)C/C1=C/C/C=C\C=CC1)C(C)C)c1[nH]c2ncc(N)cc2c1Cl. The monoisotopic (exact) mass is 507 g/mol. The van der Waals surface area contributed by atoms with Crippen LogP contribution in [0.4, 0.5) is 5.69 Å². The lowest BCUT2D eigenvalue weighted by molar-refractivity contribution is -0.134. The molecule has 1 aliphatic carbocycles. The number of aromatic amines is 1. The number of rotatable bonds is 8. The summed E-state index contributed by atoms with van der Waals surface area (Å²) in [7, 11) is 1.66. The lowest BCUT2D eigenvalue weighted by atomic mass is 10.0. The van der Waals surface area contributed by atoms with Gasteiger partial charge in [0.05, 0.1) is 29.1 Å². The molecule has 2 aromatic rings. The lowest BCUT2D eigenvalue weighted by Gasteiger charge is -2.19. The molecule has 0 spiro atoms. The van der Waals surface area contributed by atoms with Crippen LogP contribution in [0.2, 0.25) is 5.02 Å². The number of hydrogen-bond acceptors (Lipinski definition) is 4. The van der Waals surface area contributed by atoms with E-state index in [2.05, 4.69) is 21.4 Å². The summed E-state index contributed by atoms with van der Waals surface area (Å²) >= 11 is 6.55. The van der Waals surface area contributed by atoms with Crippen LogP contribution in [0.5, 0.6) is 0 Å². The third-order valence-corrected chi connectivity index (χ3v) is 6.30. The summed E-state index contributed by atoms with van der Waals surface area (Å²) in [6, 6.07) is 1.78. The molecule has 1 aliphatic rings. The number of carbonyl (C=O) groups is 2. The van der Waals surface area contributed by atoms with Crippen LogP contribution >= 0.6 is 11.6 Å². The molecule has 7 nitrogen and oxygen atoms in total. The first kappa shape index (κ1) is 27.0. The van der Waals surface area contributed by atoms with Crippen LogP contribution < -0.4 is 11.1 Å². The molecule has 190 valence electrons. The van der Waals surface area contributed by atoms with Gasteiger partial charge in [0.15, 0.2) is 0 Å². The highest BCUT2D eigenvalue weighted by Gasteiger charge is 2.16. The highest BCUT2D eigenvalue weighted by molar-refractivity contribution is 6.37. The number of anilines is 1. The second kappa shape index (κ2) is 12.4.